The summed E-state index contributed by atoms with van der Waals surface area (Å²) in [6.07, 6.45) is 4.55. The van der Waals surface area contributed by atoms with Crippen LogP contribution < -0.4 is 10.6 Å². The molecule has 0 radical (unpaired) electrons. The van der Waals surface area contributed by atoms with Crippen LogP contribution in [0.5, 0.6) is 0 Å². The summed E-state index contributed by atoms with van der Waals surface area (Å²) in [7, 11) is 0. The summed E-state index contributed by atoms with van der Waals surface area (Å²) in [5, 5.41) is 6.34. The Kier molecular flexibility index (Phi) is 4.36. The molecule has 1 fully saturated rings. The van der Waals surface area contributed by atoms with Gasteiger partial charge >= 0.3 is 0 Å². The monoisotopic (exact) mass is 337 g/mol. The molecule has 130 valence electrons. The van der Waals surface area contributed by atoms with Crippen molar-refractivity contribution in [1.82, 2.24) is 14.9 Å². The fraction of sp³-hybridized carbons (Fsp3) is 0.421. The number of likely N-dealkylation sites (N-methyl/N-ethyl adjacent to an activating group) is 1. The summed E-state index contributed by atoms with van der Waals surface area (Å²) in [6, 6.07) is 8.33. The van der Waals surface area contributed by atoms with Crippen molar-refractivity contribution >= 4 is 17.5 Å². The van der Waals surface area contributed by atoms with Crippen LogP contribution in [0.2, 0.25) is 0 Å². The summed E-state index contributed by atoms with van der Waals surface area (Å²) in [5.74, 6) is 0.603. The van der Waals surface area contributed by atoms with Gasteiger partial charge in [0, 0.05) is 29.9 Å². The highest BCUT2D eigenvalue weighted by Gasteiger charge is 2.24. The lowest BCUT2D eigenvalue weighted by Crippen LogP contribution is -2.34. The molecular weight excluding hydrogens is 314 g/mol. The number of nitrogens with one attached hydrogen (secondary N) is 2. The SMILES string of the molecule is CCN1CCCC1CNc1ncc2c(n1)-c1ccccc1NC(=O)C2. The first-order valence-electron chi connectivity index (χ1n) is 8.97. The number of fused-ring (bicyclic) bond motifs is 3. The van der Waals surface area contributed by atoms with Gasteiger partial charge in [-0.05, 0) is 32.0 Å². The molecule has 1 saturated heterocycles. The Balaban J connectivity index is 1.60. The molecule has 0 spiro atoms. The van der Waals surface area contributed by atoms with Gasteiger partial charge in [0.25, 0.3) is 0 Å². The highest BCUT2D eigenvalue weighted by molar-refractivity contribution is 5.99. The molecule has 1 atom stereocenters. The second kappa shape index (κ2) is 6.80. The Hall–Kier alpha value is -2.47. The third-order valence-electron chi connectivity index (χ3n) is 5.07. The first-order valence-corrected chi connectivity index (χ1v) is 8.97. The quantitative estimate of drug-likeness (QED) is 0.897. The van der Waals surface area contributed by atoms with E-state index in [1.165, 1.54) is 19.4 Å². The van der Waals surface area contributed by atoms with E-state index in [-0.39, 0.29) is 5.91 Å². The van der Waals surface area contributed by atoms with E-state index >= 15 is 0 Å². The smallest absolute Gasteiger partial charge is 0.228 e. The van der Waals surface area contributed by atoms with Gasteiger partial charge in [0.2, 0.25) is 11.9 Å². The van der Waals surface area contributed by atoms with Crippen LogP contribution >= 0.6 is 0 Å². The summed E-state index contributed by atoms with van der Waals surface area (Å²) in [6.45, 7) is 5.32. The van der Waals surface area contributed by atoms with Gasteiger partial charge in [-0.1, -0.05) is 25.1 Å². The first-order chi connectivity index (χ1) is 12.2. The molecule has 6 nitrogen and oxygen atoms in total. The van der Waals surface area contributed by atoms with E-state index in [0.29, 0.717) is 18.4 Å². The van der Waals surface area contributed by atoms with E-state index in [2.05, 4.69) is 27.4 Å². The zero-order chi connectivity index (χ0) is 17.2. The van der Waals surface area contributed by atoms with Crippen molar-refractivity contribution < 1.29 is 4.79 Å². The van der Waals surface area contributed by atoms with Gasteiger partial charge in [-0.15, -0.1) is 0 Å². The van der Waals surface area contributed by atoms with Crippen LogP contribution in [0, 0.1) is 0 Å². The predicted molar refractivity (Wildman–Crippen MR) is 98.6 cm³/mol. The van der Waals surface area contributed by atoms with Crippen LogP contribution in [0.25, 0.3) is 11.3 Å². The number of amides is 1. The van der Waals surface area contributed by atoms with Crippen molar-refractivity contribution in [3.8, 4) is 11.3 Å². The molecule has 2 N–H and O–H groups in total. The Morgan fingerprint density at radius 1 is 1.36 bits per heavy atom. The molecule has 1 aromatic heterocycles. The Morgan fingerprint density at radius 2 is 2.24 bits per heavy atom. The molecule has 25 heavy (non-hydrogen) atoms. The van der Waals surface area contributed by atoms with E-state index in [9.17, 15) is 4.79 Å². The second-order valence-electron chi connectivity index (χ2n) is 6.64. The van der Waals surface area contributed by atoms with Gasteiger partial charge in [0.1, 0.15) is 0 Å². The molecule has 0 bridgehead atoms. The lowest BCUT2D eigenvalue weighted by molar-refractivity contribution is -0.115. The van der Waals surface area contributed by atoms with Crippen molar-refractivity contribution in [3.63, 3.8) is 0 Å². The number of likely N-dealkylation sites (tertiary alicyclic amines) is 1. The van der Waals surface area contributed by atoms with Gasteiger partial charge < -0.3 is 10.6 Å². The molecule has 6 heteroatoms. The van der Waals surface area contributed by atoms with Crippen molar-refractivity contribution in [2.75, 3.05) is 30.3 Å². The maximum absolute atomic E-state index is 12.1. The fourth-order valence-electron chi connectivity index (χ4n) is 3.77. The standard InChI is InChI=1S/C19H23N5O/c1-2-24-9-5-6-14(24)12-21-19-20-11-13-10-17(25)22-16-8-4-3-7-15(16)18(13)23-19/h3-4,7-8,11,14H,2,5-6,9-10,12H2,1H3,(H,22,25)(H,20,21,23). The lowest BCUT2D eigenvalue weighted by atomic mass is 10.1. The zero-order valence-electron chi connectivity index (χ0n) is 14.5. The minimum atomic E-state index is -0.0277. The molecular formula is C19H23N5O. The van der Waals surface area contributed by atoms with Crippen LogP contribution in [0.4, 0.5) is 11.6 Å². The Labute approximate surface area is 147 Å². The number of carbonyl (C=O) groups excluding carboxylic acids is 1. The number of aromatic nitrogens is 2. The van der Waals surface area contributed by atoms with Crippen LogP contribution in [0.15, 0.2) is 30.5 Å². The summed E-state index contributed by atoms with van der Waals surface area (Å²) < 4.78 is 0. The van der Waals surface area contributed by atoms with Crippen LogP contribution in [-0.2, 0) is 11.2 Å². The van der Waals surface area contributed by atoms with E-state index in [4.69, 9.17) is 4.98 Å². The van der Waals surface area contributed by atoms with E-state index < -0.39 is 0 Å². The molecule has 2 aliphatic heterocycles. The predicted octanol–water partition coefficient (Wildman–Crippen LogP) is 2.53. The molecule has 1 unspecified atom stereocenters. The average molecular weight is 337 g/mol. The summed E-state index contributed by atoms with van der Waals surface area (Å²) in [5.41, 5.74) is 3.46. The minimum Gasteiger partial charge on any atom is -0.353 e. The molecule has 0 aliphatic carbocycles. The summed E-state index contributed by atoms with van der Waals surface area (Å²) in [4.78, 5) is 23.7. The number of hydrogen-bond donors (Lipinski definition) is 2. The number of para-hydroxylation sites is 1. The maximum Gasteiger partial charge on any atom is 0.228 e. The van der Waals surface area contributed by atoms with Gasteiger partial charge in [0.15, 0.2) is 0 Å². The topological polar surface area (TPSA) is 70.2 Å². The van der Waals surface area contributed by atoms with E-state index in [1.807, 2.05) is 24.3 Å². The highest BCUT2D eigenvalue weighted by Crippen LogP contribution is 2.32. The molecule has 1 aromatic carbocycles. The second-order valence-corrected chi connectivity index (χ2v) is 6.64. The highest BCUT2D eigenvalue weighted by atomic mass is 16.1. The number of rotatable bonds is 4. The fourth-order valence-corrected chi connectivity index (χ4v) is 3.77. The van der Waals surface area contributed by atoms with Crippen molar-refractivity contribution in [3.05, 3.63) is 36.0 Å². The molecule has 2 aliphatic rings. The number of nitrogens with zero attached hydrogens (tertiary/aromatic N) is 3. The van der Waals surface area contributed by atoms with Gasteiger partial charge in [-0.3, -0.25) is 9.69 Å². The number of benzene rings is 1. The number of anilines is 2. The molecule has 2 aromatic rings. The first kappa shape index (κ1) is 16.0. The van der Waals surface area contributed by atoms with Gasteiger partial charge in [0.05, 0.1) is 17.8 Å². The Morgan fingerprint density at radius 3 is 3.12 bits per heavy atom. The third kappa shape index (κ3) is 3.22. The van der Waals surface area contributed by atoms with E-state index in [0.717, 1.165) is 35.6 Å². The zero-order valence-corrected chi connectivity index (χ0v) is 14.5. The normalized spacial score (nSPS) is 19.7. The molecule has 0 saturated carbocycles. The van der Waals surface area contributed by atoms with Crippen molar-refractivity contribution in [2.24, 2.45) is 0 Å². The van der Waals surface area contributed by atoms with Gasteiger partial charge in [-0.25, -0.2) is 9.97 Å². The maximum atomic E-state index is 12.1. The molecule has 1 amide bonds. The largest absolute Gasteiger partial charge is 0.353 e. The van der Waals surface area contributed by atoms with E-state index in [1.54, 1.807) is 6.20 Å². The third-order valence-corrected chi connectivity index (χ3v) is 5.07. The summed E-state index contributed by atoms with van der Waals surface area (Å²) >= 11 is 0. The van der Waals surface area contributed by atoms with Crippen LogP contribution in [0.3, 0.4) is 0 Å². The number of carbonyl (C=O) groups is 1. The average Bonchev–Trinajstić information content (AvgIpc) is 3.03. The Bertz CT molecular complexity index is 791. The van der Waals surface area contributed by atoms with Crippen molar-refractivity contribution in [1.29, 1.82) is 0 Å². The van der Waals surface area contributed by atoms with Gasteiger partial charge in [-0.2, -0.15) is 0 Å². The molecule has 3 heterocycles. The molecule has 4 rings (SSSR count). The lowest BCUT2D eigenvalue weighted by Gasteiger charge is -2.23. The van der Waals surface area contributed by atoms with Crippen molar-refractivity contribution in [2.45, 2.75) is 32.2 Å². The number of hydrogen-bond acceptors (Lipinski definition) is 5. The van der Waals surface area contributed by atoms with Crippen LogP contribution in [-0.4, -0.2) is 46.5 Å². The minimum absolute atomic E-state index is 0.0277. The van der Waals surface area contributed by atoms with Crippen LogP contribution in [0.1, 0.15) is 25.3 Å².